The number of allylic oxidation sites excluding steroid dienone is 4. The van der Waals surface area contributed by atoms with Gasteiger partial charge >= 0.3 is 0 Å². The molecule has 4 aromatic carbocycles. The molecule has 0 aromatic heterocycles. The lowest BCUT2D eigenvalue weighted by molar-refractivity contribution is -0.230. The van der Waals surface area contributed by atoms with Gasteiger partial charge in [0.05, 0.1) is 117 Å². The third-order valence-electron chi connectivity index (χ3n) is 19.0. The molecule has 0 radical (unpaired) electrons. The number of carbonyl (C=O) groups is 1. The normalized spacial score (nSPS) is 33.8. The number of ether oxygens (including phenoxy) is 8. The molecule has 6 heterocycles. The Morgan fingerprint density at radius 2 is 1.01 bits per heavy atom. The van der Waals surface area contributed by atoms with E-state index >= 15 is 0 Å². The van der Waals surface area contributed by atoms with Crippen LogP contribution in [0.3, 0.4) is 0 Å². The summed E-state index contributed by atoms with van der Waals surface area (Å²) in [5.74, 6) is -0.0555. The zero-order valence-electron chi connectivity index (χ0n) is 54.8. The molecule has 89 heavy (non-hydrogen) atoms. The van der Waals surface area contributed by atoms with Crippen molar-refractivity contribution >= 4 is 23.0 Å². The molecule has 13 atom stereocenters. The number of amides is 1. The van der Waals surface area contributed by atoms with Gasteiger partial charge in [-0.2, -0.15) is 5.26 Å². The molecule has 6 aliphatic rings. The molecule has 6 aliphatic heterocycles. The van der Waals surface area contributed by atoms with Crippen molar-refractivity contribution in [1.29, 1.82) is 5.26 Å². The highest BCUT2D eigenvalue weighted by Crippen LogP contribution is 2.53. The van der Waals surface area contributed by atoms with Gasteiger partial charge in [0.15, 0.2) is 5.54 Å². The first-order chi connectivity index (χ1) is 42.2. The van der Waals surface area contributed by atoms with Crippen LogP contribution in [-0.4, -0.2) is 102 Å². The van der Waals surface area contributed by atoms with Gasteiger partial charge < -0.3 is 43.2 Å². The Morgan fingerprint density at radius 3 is 1.48 bits per heavy atom. The zero-order valence-corrected chi connectivity index (χ0v) is 54.8. The Hall–Kier alpha value is -6.25. The van der Waals surface area contributed by atoms with Gasteiger partial charge in [-0.3, -0.25) is 19.8 Å². The minimum absolute atomic E-state index is 0.0555. The Bertz CT molecular complexity index is 3350. The third-order valence-corrected chi connectivity index (χ3v) is 19.0. The number of nitrogens with one attached hydrogen (secondary N) is 1. The minimum Gasteiger partial charge on any atom is -0.375 e. The molecule has 3 unspecified atom stereocenters. The van der Waals surface area contributed by atoms with Gasteiger partial charge in [0.2, 0.25) is 5.91 Å². The van der Waals surface area contributed by atoms with Gasteiger partial charge in [-0.15, -0.1) is 0 Å². The topological polar surface area (TPSA) is 164 Å². The molecule has 0 saturated carbocycles. The van der Waals surface area contributed by atoms with Crippen molar-refractivity contribution in [2.75, 3.05) is 13.2 Å². The molecule has 1 N–H and O–H groups in total. The van der Waals surface area contributed by atoms with Crippen LogP contribution in [-0.2, 0) is 69.1 Å². The van der Waals surface area contributed by atoms with Crippen LogP contribution >= 0.6 is 0 Å². The number of aliphatic imine (C=N–C) groups is 3. The summed E-state index contributed by atoms with van der Waals surface area (Å²) in [6.45, 7) is 29.4. The predicted octanol–water partition coefficient (Wildman–Crippen LogP) is 14.3. The largest absolute Gasteiger partial charge is 0.375 e. The van der Waals surface area contributed by atoms with E-state index in [-0.39, 0.29) is 30.3 Å². The molecule has 0 spiro atoms. The van der Waals surface area contributed by atoms with E-state index in [0.717, 1.165) is 56.5 Å². The molecular weight excluding hydrogens is 1110 g/mol. The molecule has 474 valence electrons. The first-order valence-corrected chi connectivity index (χ1v) is 32.1. The summed E-state index contributed by atoms with van der Waals surface area (Å²) in [6, 6.07) is 43.5. The van der Waals surface area contributed by atoms with Crippen molar-refractivity contribution in [3.63, 3.8) is 0 Å². The maximum absolute atomic E-state index is 13.4. The van der Waals surface area contributed by atoms with Crippen molar-refractivity contribution in [2.45, 2.75) is 221 Å². The molecule has 3 fully saturated rings. The molecule has 0 bridgehead atoms. The average molecular weight is 1210 g/mol. The second kappa shape index (κ2) is 26.9. The monoisotopic (exact) mass is 1210 g/mol. The van der Waals surface area contributed by atoms with E-state index in [2.05, 4.69) is 140 Å². The number of carbonyl (C=O) groups excluding carboxylic acids is 1. The minimum atomic E-state index is -1.18. The molecule has 0 aliphatic carbocycles. The lowest BCUT2D eigenvalue weighted by atomic mass is 9.65. The number of benzene rings is 4. The number of nitriles is 1. The van der Waals surface area contributed by atoms with Crippen LogP contribution in [0.4, 0.5) is 0 Å². The highest BCUT2D eigenvalue weighted by Gasteiger charge is 2.60. The van der Waals surface area contributed by atoms with Crippen molar-refractivity contribution in [2.24, 2.45) is 36.6 Å². The predicted molar refractivity (Wildman–Crippen MR) is 349 cm³/mol. The molecule has 3 saturated heterocycles. The fourth-order valence-corrected chi connectivity index (χ4v) is 13.4. The summed E-state index contributed by atoms with van der Waals surface area (Å²) >= 11 is 0. The summed E-state index contributed by atoms with van der Waals surface area (Å²) < 4.78 is 54.9. The van der Waals surface area contributed by atoms with Crippen LogP contribution in [0, 0.1) is 33.0 Å². The summed E-state index contributed by atoms with van der Waals surface area (Å²) in [5.41, 5.74) is 4.20. The zero-order chi connectivity index (χ0) is 63.4. The Kier molecular flexibility index (Phi) is 19.9. The summed E-state index contributed by atoms with van der Waals surface area (Å²) in [6.07, 6.45) is 6.37. The molecule has 4 aromatic rings. The standard InChI is InChI=1S/C75H95N5O9/c1-50-59(82-43-52-26-18-14-19-27-52)36-61(84-45-54-30-22-16-23-31-54)67(88-50)73(11)40-57(35-63-72(10,42-66(81)79-63)49-87-70(6,7)8)78-65(73)38-64-71(9,48-86-69(3,4)5)39-56(77-64)34-58-41-74(12,75(13,47-76)80-58)68-62(85-46-55-32-24-17-25-33-55)37-60(51(2)89-68)83-44-53-28-20-15-21-29-53/h14-35,38,50-51,59-62,67-68H,36-37,39-46,48-49H2,1-13H3,(H,79,81)/b56-34-,63-35?,65-38-/t50-,51-,59-,60-,61-,62-,67-,68-,71?,72?,73-,74+,75?/m1/s1. The van der Waals surface area contributed by atoms with E-state index in [1.165, 1.54) is 0 Å². The van der Waals surface area contributed by atoms with Gasteiger partial charge in [0.1, 0.15) is 0 Å². The van der Waals surface area contributed by atoms with Crippen LogP contribution < -0.4 is 5.32 Å². The highest BCUT2D eigenvalue weighted by atomic mass is 16.6. The maximum Gasteiger partial charge on any atom is 0.225 e. The average Bonchev–Trinajstić information content (AvgIpc) is 1.69. The van der Waals surface area contributed by atoms with Gasteiger partial charge in [0.25, 0.3) is 0 Å². The fraction of sp³-hybridized carbons (Fsp3) is 0.533. The number of nitrogens with zero attached hydrogens (tertiary/aromatic N) is 4. The molecule has 14 heteroatoms. The number of hydrogen-bond acceptors (Lipinski definition) is 13. The quantitative estimate of drug-likeness (QED) is 0.0849. The van der Waals surface area contributed by atoms with Gasteiger partial charge in [-0.05, 0) is 103 Å². The molecule has 14 nitrogen and oxygen atoms in total. The maximum atomic E-state index is 13.4. The Labute approximate surface area is 529 Å². The summed E-state index contributed by atoms with van der Waals surface area (Å²) in [7, 11) is 0. The first-order valence-electron chi connectivity index (χ1n) is 32.1. The third kappa shape index (κ3) is 15.6. The van der Waals surface area contributed by atoms with Gasteiger partial charge in [-0.1, -0.05) is 149 Å². The van der Waals surface area contributed by atoms with E-state index in [0.29, 0.717) is 78.2 Å². The number of rotatable bonds is 21. The van der Waals surface area contributed by atoms with Gasteiger partial charge in [-0.25, -0.2) is 0 Å². The SMILES string of the molecule is C[C@H]1O[C@@H]([C@]2(C)CC(/C=C3/CC(C)(COC(C)(C)C)C(/C=C4\N=C(C=C5NC(=O)CC5(C)COC(C)(C)C)C[C@@]4(C)[C@@H]4O[C@H](C)[C@H](OCc5ccccc5)C[C@H]4OCc4ccccc4)=N3)=NC2(C)C#N)[C@H](OCc2ccccc2)C[C@H]1OCc1ccccc1. The van der Waals surface area contributed by atoms with Crippen molar-refractivity contribution in [3.8, 4) is 6.07 Å². The van der Waals surface area contributed by atoms with Crippen molar-refractivity contribution in [3.05, 3.63) is 179 Å². The van der Waals surface area contributed by atoms with E-state index in [9.17, 15) is 10.1 Å². The van der Waals surface area contributed by atoms with E-state index in [1.807, 2.05) is 100 Å². The fourth-order valence-electron chi connectivity index (χ4n) is 13.4. The van der Waals surface area contributed by atoms with Crippen LogP contribution in [0.1, 0.15) is 151 Å². The van der Waals surface area contributed by atoms with E-state index < -0.39 is 62.8 Å². The van der Waals surface area contributed by atoms with Crippen LogP contribution in [0.5, 0.6) is 0 Å². The second-order valence-corrected chi connectivity index (χ2v) is 29.0. The van der Waals surface area contributed by atoms with Gasteiger partial charge in [0, 0.05) is 83.0 Å². The second-order valence-electron chi connectivity index (χ2n) is 29.0. The smallest absolute Gasteiger partial charge is 0.225 e. The highest BCUT2D eigenvalue weighted by molar-refractivity contribution is 6.06. The van der Waals surface area contributed by atoms with Crippen LogP contribution in [0.2, 0.25) is 0 Å². The summed E-state index contributed by atoms with van der Waals surface area (Å²) in [4.78, 5) is 29.9. The number of hydrogen-bond donors (Lipinski definition) is 1. The summed E-state index contributed by atoms with van der Waals surface area (Å²) in [5, 5.41) is 14.5. The van der Waals surface area contributed by atoms with E-state index in [4.69, 9.17) is 52.9 Å². The van der Waals surface area contributed by atoms with E-state index in [1.54, 1.807) is 0 Å². The van der Waals surface area contributed by atoms with Crippen molar-refractivity contribution in [1.82, 2.24) is 5.32 Å². The Balaban J connectivity index is 1.02. The first kappa shape index (κ1) is 65.7. The Morgan fingerprint density at radius 1 is 0.562 bits per heavy atom. The lowest BCUT2D eigenvalue weighted by Crippen LogP contribution is -2.59. The molecule has 10 rings (SSSR count). The lowest BCUT2D eigenvalue weighted by Gasteiger charge is -2.49. The van der Waals surface area contributed by atoms with Crippen LogP contribution in [0.25, 0.3) is 0 Å². The van der Waals surface area contributed by atoms with Crippen molar-refractivity contribution < 1.29 is 42.7 Å². The molecule has 1 amide bonds. The van der Waals surface area contributed by atoms with Crippen LogP contribution in [0.15, 0.2) is 172 Å². The molecular formula is C75H95N5O9.